The zero-order valence-electron chi connectivity index (χ0n) is 17.3. The monoisotopic (exact) mass is 537 g/mol. The van der Waals surface area contributed by atoms with Gasteiger partial charge in [0.1, 0.15) is 6.33 Å². The molecule has 0 aliphatic carbocycles. The molecule has 1 aromatic carbocycles. The largest absolute Gasteiger partial charge is 0.433 e. The molecule has 1 N–H and O–H groups in total. The summed E-state index contributed by atoms with van der Waals surface area (Å²) >= 11 is 13.3. The van der Waals surface area contributed by atoms with Gasteiger partial charge in [-0.3, -0.25) is 10.1 Å². The Kier molecular flexibility index (Phi) is 5.95. The normalized spacial score (nSPS) is 11.8. The van der Waals surface area contributed by atoms with Crippen LogP contribution in [0.15, 0.2) is 54.2 Å². The second-order valence-electron chi connectivity index (χ2n) is 7.26. The minimum atomic E-state index is -4.71. The van der Waals surface area contributed by atoms with Gasteiger partial charge in [-0.05, 0) is 35.2 Å². The first-order valence-electron chi connectivity index (χ1n) is 9.84. The average Bonchev–Trinajstić information content (AvgIpc) is 3.55. The van der Waals surface area contributed by atoms with Crippen molar-refractivity contribution in [3.63, 3.8) is 0 Å². The van der Waals surface area contributed by atoms with E-state index in [0.29, 0.717) is 19.4 Å². The van der Waals surface area contributed by atoms with Crippen LogP contribution in [0.2, 0.25) is 10.0 Å². The van der Waals surface area contributed by atoms with Crippen LogP contribution in [0.4, 0.5) is 19.1 Å². The summed E-state index contributed by atoms with van der Waals surface area (Å²) in [7, 11) is 0. The van der Waals surface area contributed by atoms with Gasteiger partial charge in [0, 0.05) is 16.1 Å². The second kappa shape index (κ2) is 8.95. The van der Waals surface area contributed by atoms with Crippen LogP contribution >= 0.6 is 34.5 Å². The Bertz CT molecular complexity index is 1550. The molecule has 178 valence electrons. The number of hydrogen-bond acceptors (Lipinski definition) is 6. The molecule has 4 heterocycles. The lowest BCUT2D eigenvalue weighted by atomic mass is 10.2. The molecule has 0 bridgehead atoms. The van der Waals surface area contributed by atoms with Crippen molar-refractivity contribution < 1.29 is 18.0 Å². The fourth-order valence-electron chi connectivity index (χ4n) is 3.26. The smallest absolute Gasteiger partial charge is 0.288 e. The fraction of sp³-hybridized carbons (Fsp3) is 0.0952. The third-order valence-electron chi connectivity index (χ3n) is 4.83. The molecule has 14 heteroatoms. The molecular formula is C21H12Cl2F3N7OS. The fourth-order valence-corrected chi connectivity index (χ4v) is 4.41. The van der Waals surface area contributed by atoms with Crippen LogP contribution in [-0.4, -0.2) is 35.3 Å². The average molecular weight is 538 g/mol. The molecule has 0 atom stereocenters. The highest BCUT2D eigenvalue weighted by molar-refractivity contribution is 7.13. The van der Waals surface area contributed by atoms with Gasteiger partial charge in [-0.1, -0.05) is 35.3 Å². The van der Waals surface area contributed by atoms with Gasteiger partial charge in [0.05, 0.1) is 17.1 Å². The summed E-state index contributed by atoms with van der Waals surface area (Å²) in [6.45, 7) is 0.262. The van der Waals surface area contributed by atoms with Crippen molar-refractivity contribution in [3.05, 3.63) is 81.2 Å². The number of amides is 1. The molecule has 0 fully saturated rings. The van der Waals surface area contributed by atoms with Crippen molar-refractivity contribution in [1.29, 1.82) is 0 Å². The molecular weight excluding hydrogens is 526 g/mol. The summed E-state index contributed by atoms with van der Waals surface area (Å²) in [5.74, 6) is -0.844. The van der Waals surface area contributed by atoms with Gasteiger partial charge in [0.25, 0.3) is 5.91 Å². The van der Waals surface area contributed by atoms with E-state index < -0.39 is 17.8 Å². The quantitative estimate of drug-likeness (QED) is 0.311. The van der Waals surface area contributed by atoms with Gasteiger partial charge in [-0.25, -0.2) is 19.2 Å². The van der Waals surface area contributed by atoms with Gasteiger partial charge in [0.15, 0.2) is 17.0 Å². The molecule has 5 rings (SSSR count). The molecule has 0 aliphatic heterocycles. The number of rotatable bonds is 5. The standard InChI is InChI=1S/C21H12Cl2F3N7OS/c22-12-4-3-11(13(23)6-12)9-32-10-27-20(31-32)29-19(34)15-8-18-28-14(16-2-1-5-35-16)7-17(21(24,25)26)33(18)30-15/h1-8,10H,9H2,(H,29,31,34). The Balaban J connectivity index is 1.40. The van der Waals surface area contributed by atoms with Crippen molar-refractivity contribution in [2.45, 2.75) is 12.7 Å². The lowest BCUT2D eigenvalue weighted by Crippen LogP contribution is -2.16. The Morgan fingerprint density at radius 1 is 1.11 bits per heavy atom. The SMILES string of the molecule is O=C(Nc1ncn(Cc2ccc(Cl)cc2Cl)n1)c1cc2nc(-c3cccs3)cc(C(F)(F)F)n2n1. The molecule has 0 aliphatic rings. The van der Waals surface area contributed by atoms with E-state index in [1.165, 1.54) is 28.4 Å². The first kappa shape index (κ1) is 23.3. The molecule has 0 saturated carbocycles. The van der Waals surface area contributed by atoms with Gasteiger partial charge in [-0.2, -0.15) is 18.3 Å². The van der Waals surface area contributed by atoms with E-state index in [0.717, 1.165) is 11.6 Å². The molecule has 8 nitrogen and oxygen atoms in total. The van der Waals surface area contributed by atoms with Crippen LogP contribution in [0.3, 0.4) is 0 Å². The maximum Gasteiger partial charge on any atom is 0.433 e. The number of benzene rings is 1. The number of thiophene rings is 1. The Morgan fingerprint density at radius 2 is 1.94 bits per heavy atom. The van der Waals surface area contributed by atoms with E-state index in [-0.39, 0.29) is 29.5 Å². The van der Waals surface area contributed by atoms with Crippen molar-refractivity contribution in [3.8, 4) is 10.6 Å². The topological polar surface area (TPSA) is 90.0 Å². The number of carbonyl (C=O) groups excluding carboxylic acids is 1. The summed E-state index contributed by atoms with van der Waals surface area (Å²) in [6.07, 6.45) is -3.34. The number of halogens is 5. The molecule has 1 amide bonds. The van der Waals surface area contributed by atoms with E-state index in [1.807, 2.05) is 0 Å². The molecule has 4 aromatic heterocycles. The maximum atomic E-state index is 13.7. The van der Waals surface area contributed by atoms with Crippen LogP contribution in [0.5, 0.6) is 0 Å². The molecule has 0 unspecified atom stereocenters. The first-order valence-corrected chi connectivity index (χ1v) is 11.5. The van der Waals surface area contributed by atoms with Crippen LogP contribution in [0, 0.1) is 0 Å². The molecule has 5 aromatic rings. The predicted molar refractivity (Wildman–Crippen MR) is 125 cm³/mol. The second-order valence-corrected chi connectivity index (χ2v) is 9.05. The van der Waals surface area contributed by atoms with E-state index in [4.69, 9.17) is 23.2 Å². The molecule has 0 spiro atoms. The summed E-state index contributed by atoms with van der Waals surface area (Å²) in [5.41, 5.74) is -0.584. The number of nitrogens with zero attached hydrogens (tertiary/aromatic N) is 6. The van der Waals surface area contributed by atoms with Crippen LogP contribution in [0.25, 0.3) is 16.2 Å². The highest BCUT2D eigenvalue weighted by atomic mass is 35.5. The number of fused-ring (bicyclic) bond motifs is 1. The highest BCUT2D eigenvalue weighted by Crippen LogP contribution is 2.33. The van der Waals surface area contributed by atoms with Gasteiger partial charge < -0.3 is 0 Å². The number of hydrogen-bond donors (Lipinski definition) is 1. The Labute approximate surface area is 209 Å². The van der Waals surface area contributed by atoms with Crippen molar-refractivity contribution in [1.82, 2.24) is 29.4 Å². The Hall–Kier alpha value is -3.48. The van der Waals surface area contributed by atoms with Gasteiger partial charge in [0.2, 0.25) is 5.95 Å². The molecule has 0 saturated heterocycles. The minimum absolute atomic E-state index is 0.0552. The summed E-state index contributed by atoms with van der Waals surface area (Å²) < 4.78 is 43.1. The zero-order chi connectivity index (χ0) is 24.7. The number of anilines is 1. The highest BCUT2D eigenvalue weighted by Gasteiger charge is 2.35. The van der Waals surface area contributed by atoms with Crippen LogP contribution < -0.4 is 5.32 Å². The van der Waals surface area contributed by atoms with Crippen molar-refractivity contribution in [2.24, 2.45) is 0 Å². The van der Waals surface area contributed by atoms with E-state index in [9.17, 15) is 18.0 Å². The first-order chi connectivity index (χ1) is 16.7. The zero-order valence-corrected chi connectivity index (χ0v) is 19.6. The lowest BCUT2D eigenvalue weighted by molar-refractivity contribution is -0.142. The third kappa shape index (κ3) is 4.85. The summed E-state index contributed by atoms with van der Waals surface area (Å²) in [4.78, 5) is 21.5. The van der Waals surface area contributed by atoms with Gasteiger partial charge >= 0.3 is 6.18 Å². The Morgan fingerprint density at radius 3 is 2.66 bits per heavy atom. The van der Waals surface area contributed by atoms with Gasteiger partial charge in [-0.15, -0.1) is 16.4 Å². The lowest BCUT2D eigenvalue weighted by Gasteiger charge is -2.10. The maximum absolute atomic E-state index is 13.7. The molecule has 35 heavy (non-hydrogen) atoms. The van der Waals surface area contributed by atoms with Crippen LogP contribution in [-0.2, 0) is 12.7 Å². The van der Waals surface area contributed by atoms with E-state index in [1.54, 1.807) is 35.7 Å². The number of nitrogens with one attached hydrogen (secondary N) is 1. The minimum Gasteiger partial charge on any atom is -0.288 e. The predicted octanol–water partition coefficient (Wildman–Crippen LogP) is 5.68. The molecule has 0 radical (unpaired) electrons. The van der Waals surface area contributed by atoms with Crippen molar-refractivity contribution in [2.75, 3.05) is 5.32 Å². The summed E-state index contributed by atoms with van der Waals surface area (Å²) in [6, 6.07) is 10.4. The van der Waals surface area contributed by atoms with Crippen LogP contribution in [0.1, 0.15) is 21.7 Å². The van der Waals surface area contributed by atoms with E-state index >= 15 is 0 Å². The number of alkyl halides is 3. The van der Waals surface area contributed by atoms with Crippen molar-refractivity contribution >= 4 is 52.0 Å². The number of aromatic nitrogens is 6. The number of carbonyl (C=O) groups is 1. The third-order valence-corrected chi connectivity index (χ3v) is 6.31. The van der Waals surface area contributed by atoms with E-state index in [2.05, 4.69) is 25.5 Å². The summed E-state index contributed by atoms with van der Waals surface area (Å²) in [5, 5.41) is 13.1.